The molecule has 7 heteroatoms. The zero-order valence-corrected chi connectivity index (χ0v) is 14.4. The molecular weight excluding hydrogens is 345 g/mol. The molecule has 3 rings (SSSR count). The Balaban J connectivity index is 1.54. The van der Waals surface area contributed by atoms with Crippen LogP contribution in [-0.4, -0.2) is 19.1 Å². The summed E-state index contributed by atoms with van der Waals surface area (Å²) < 4.78 is 18.3. The summed E-state index contributed by atoms with van der Waals surface area (Å²) in [6.07, 6.45) is 0.627. The van der Waals surface area contributed by atoms with Gasteiger partial charge in [0.15, 0.2) is 0 Å². The normalized spacial score (nSPS) is 19.6. The van der Waals surface area contributed by atoms with Gasteiger partial charge in [-0.05, 0) is 41.8 Å². The molecule has 2 atom stereocenters. The number of ether oxygens (including phenoxy) is 1. The maximum Gasteiger partial charge on any atom is 0.238 e. The van der Waals surface area contributed by atoms with Crippen LogP contribution in [0.25, 0.3) is 0 Å². The average molecular weight is 364 g/mol. The fourth-order valence-corrected chi connectivity index (χ4v) is 2.95. The molecule has 3 N–H and O–H groups in total. The van der Waals surface area contributed by atoms with Crippen LogP contribution in [0.4, 0.5) is 4.39 Å². The second-order valence-corrected chi connectivity index (χ2v) is 6.28. The van der Waals surface area contributed by atoms with E-state index in [0.29, 0.717) is 13.0 Å². The van der Waals surface area contributed by atoms with Crippen molar-refractivity contribution >= 4 is 17.5 Å². The summed E-state index contributed by atoms with van der Waals surface area (Å²) in [5, 5.41) is 2.88. The van der Waals surface area contributed by atoms with Gasteiger partial charge in [-0.15, -0.1) is 0 Å². The van der Waals surface area contributed by atoms with Gasteiger partial charge in [-0.3, -0.25) is 4.79 Å². The molecule has 1 aliphatic heterocycles. The van der Waals surface area contributed by atoms with E-state index in [1.807, 2.05) is 24.3 Å². The van der Waals surface area contributed by atoms with Crippen LogP contribution in [0.5, 0.6) is 5.75 Å². The lowest BCUT2D eigenvalue weighted by molar-refractivity contribution is -0.123. The van der Waals surface area contributed by atoms with Crippen molar-refractivity contribution in [2.45, 2.75) is 25.0 Å². The summed E-state index contributed by atoms with van der Waals surface area (Å²) in [5.74, 6) is 0.201. The minimum atomic E-state index is -0.472. The quantitative estimate of drug-likeness (QED) is 0.764. The molecule has 0 aliphatic carbocycles. The molecule has 1 heterocycles. The molecule has 0 bridgehead atoms. The largest absolute Gasteiger partial charge is 0.497 e. The molecule has 2 aromatic rings. The molecule has 1 amide bonds. The van der Waals surface area contributed by atoms with Gasteiger partial charge in [0.25, 0.3) is 0 Å². The predicted octanol–water partition coefficient (Wildman–Crippen LogP) is 2.71. The van der Waals surface area contributed by atoms with Gasteiger partial charge < -0.3 is 10.1 Å². The number of rotatable bonds is 5. The zero-order valence-electron chi connectivity index (χ0n) is 13.7. The lowest BCUT2D eigenvalue weighted by Crippen LogP contribution is -2.42. The van der Waals surface area contributed by atoms with E-state index in [0.717, 1.165) is 16.9 Å². The van der Waals surface area contributed by atoms with Crippen molar-refractivity contribution in [3.63, 3.8) is 0 Å². The number of hydrazine groups is 1. The molecule has 0 radical (unpaired) electrons. The number of hydrogen-bond donors (Lipinski definition) is 3. The molecule has 0 aromatic heterocycles. The Hall–Kier alpha value is -2.15. The molecule has 2 unspecified atom stereocenters. The molecule has 0 saturated carbocycles. The van der Waals surface area contributed by atoms with Gasteiger partial charge in [-0.25, -0.2) is 15.2 Å². The first-order chi connectivity index (χ1) is 12.1. The van der Waals surface area contributed by atoms with E-state index in [1.54, 1.807) is 13.2 Å². The first kappa shape index (κ1) is 17.7. The van der Waals surface area contributed by atoms with E-state index in [-0.39, 0.29) is 23.0 Å². The highest BCUT2D eigenvalue weighted by Gasteiger charge is 2.29. The Morgan fingerprint density at radius 1 is 1.28 bits per heavy atom. The average Bonchev–Trinajstić information content (AvgIpc) is 3.13. The fourth-order valence-electron chi connectivity index (χ4n) is 2.74. The third kappa shape index (κ3) is 4.28. The topological polar surface area (TPSA) is 62.4 Å². The first-order valence-electron chi connectivity index (χ1n) is 7.93. The van der Waals surface area contributed by atoms with Gasteiger partial charge in [-0.1, -0.05) is 29.8 Å². The molecule has 1 aliphatic rings. The smallest absolute Gasteiger partial charge is 0.238 e. The van der Waals surface area contributed by atoms with Crippen molar-refractivity contribution in [3.05, 3.63) is 64.4 Å². The highest BCUT2D eigenvalue weighted by atomic mass is 35.5. The molecular formula is C18H19ClFN3O2. The Morgan fingerprint density at radius 3 is 2.72 bits per heavy atom. The standard InChI is InChI=1S/C18H19ClFN3O2/c1-25-13-5-3-12(4-6-13)16-9-17(23-22-16)18(24)21-10-11-2-7-15(20)14(19)8-11/h2-8,16-17,22-23H,9-10H2,1H3,(H,21,24). The third-order valence-electron chi connectivity index (χ3n) is 4.19. The number of carbonyl (C=O) groups is 1. The minimum absolute atomic E-state index is 0.0434. The Morgan fingerprint density at radius 2 is 2.04 bits per heavy atom. The van der Waals surface area contributed by atoms with Gasteiger partial charge >= 0.3 is 0 Å². The van der Waals surface area contributed by atoms with E-state index in [1.165, 1.54) is 12.1 Å². The number of amides is 1. The van der Waals surface area contributed by atoms with Crippen molar-refractivity contribution < 1.29 is 13.9 Å². The number of carbonyl (C=O) groups excluding carboxylic acids is 1. The summed E-state index contributed by atoms with van der Waals surface area (Å²) in [6.45, 7) is 0.296. The Kier molecular flexibility index (Phi) is 5.53. The van der Waals surface area contributed by atoms with E-state index in [4.69, 9.17) is 16.3 Å². The minimum Gasteiger partial charge on any atom is -0.497 e. The van der Waals surface area contributed by atoms with Gasteiger partial charge in [0, 0.05) is 12.6 Å². The summed E-state index contributed by atoms with van der Waals surface area (Å²) in [5.41, 5.74) is 7.97. The summed E-state index contributed by atoms with van der Waals surface area (Å²) in [7, 11) is 1.62. The van der Waals surface area contributed by atoms with E-state index >= 15 is 0 Å². The molecule has 0 spiro atoms. The second kappa shape index (κ2) is 7.82. The molecule has 25 heavy (non-hydrogen) atoms. The van der Waals surface area contributed by atoms with Crippen LogP contribution in [0.3, 0.4) is 0 Å². The maximum atomic E-state index is 13.1. The molecule has 1 fully saturated rings. The lowest BCUT2D eigenvalue weighted by Gasteiger charge is -2.11. The van der Waals surface area contributed by atoms with Crippen molar-refractivity contribution in [2.75, 3.05) is 7.11 Å². The van der Waals surface area contributed by atoms with Crippen molar-refractivity contribution in [1.82, 2.24) is 16.2 Å². The number of nitrogens with one attached hydrogen (secondary N) is 3. The van der Waals surface area contributed by atoms with Crippen molar-refractivity contribution in [1.29, 1.82) is 0 Å². The number of benzene rings is 2. The maximum absolute atomic E-state index is 13.1. The number of methoxy groups -OCH3 is 1. The van der Waals surface area contributed by atoms with Gasteiger partial charge in [0.05, 0.1) is 12.1 Å². The molecule has 5 nitrogen and oxygen atoms in total. The lowest BCUT2D eigenvalue weighted by atomic mass is 10.0. The molecule has 132 valence electrons. The van der Waals surface area contributed by atoms with E-state index in [9.17, 15) is 9.18 Å². The number of halogens is 2. The summed E-state index contributed by atoms with van der Waals surface area (Å²) >= 11 is 5.75. The van der Waals surface area contributed by atoms with E-state index < -0.39 is 5.82 Å². The van der Waals surface area contributed by atoms with Crippen molar-refractivity contribution in [3.8, 4) is 5.75 Å². The van der Waals surface area contributed by atoms with Crippen LogP contribution < -0.4 is 20.9 Å². The van der Waals surface area contributed by atoms with Gasteiger partial charge in [0.2, 0.25) is 5.91 Å². The van der Waals surface area contributed by atoms with E-state index in [2.05, 4.69) is 16.2 Å². The van der Waals surface area contributed by atoms with Crippen LogP contribution in [0, 0.1) is 5.82 Å². The third-order valence-corrected chi connectivity index (χ3v) is 4.48. The van der Waals surface area contributed by atoms with Crippen LogP contribution in [-0.2, 0) is 11.3 Å². The van der Waals surface area contributed by atoms with Gasteiger partial charge in [-0.2, -0.15) is 0 Å². The Bertz CT molecular complexity index is 754. The first-order valence-corrected chi connectivity index (χ1v) is 8.31. The fraction of sp³-hybridized carbons (Fsp3) is 0.278. The van der Waals surface area contributed by atoms with Crippen molar-refractivity contribution in [2.24, 2.45) is 0 Å². The number of hydrogen-bond acceptors (Lipinski definition) is 4. The highest BCUT2D eigenvalue weighted by Crippen LogP contribution is 2.24. The van der Waals surface area contributed by atoms with Crippen LogP contribution in [0.15, 0.2) is 42.5 Å². The highest BCUT2D eigenvalue weighted by molar-refractivity contribution is 6.30. The summed E-state index contributed by atoms with van der Waals surface area (Å²) in [6, 6.07) is 11.8. The predicted molar refractivity (Wildman–Crippen MR) is 93.7 cm³/mol. The van der Waals surface area contributed by atoms with Crippen LogP contribution in [0.2, 0.25) is 5.02 Å². The van der Waals surface area contributed by atoms with Gasteiger partial charge in [0.1, 0.15) is 17.6 Å². The molecule has 1 saturated heterocycles. The second-order valence-electron chi connectivity index (χ2n) is 5.87. The van der Waals surface area contributed by atoms with Crippen LogP contribution >= 0.6 is 11.6 Å². The van der Waals surface area contributed by atoms with Crippen LogP contribution in [0.1, 0.15) is 23.6 Å². The monoisotopic (exact) mass is 363 g/mol. The summed E-state index contributed by atoms with van der Waals surface area (Å²) in [4.78, 5) is 12.3. The molecule has 2 aromatic carbocycles. The zero-order chi connectivity index (χ0) is 17.8. The SMILES string of the molecule is COc1ccc(C2CC(C(=O)NCc3ccc(F)c(Cl)c3)NN2)cc1. The Labute approximate surface area is 150 Å².